The lowest BCUT2D eigenvalue weighted by molar-refractivity contribution is 0.621. The van der Waals surface area contributed by atoms with E-state index in [9.17, 15) is 0 Å². The molecule has 0 fully saturated rings. The molecule has 2 rings (SSSR count). The third-order valence-corrected chi connectivity index (χ3v) is 3.17. The summed E-state index contributed by atoms with van der Waals surface area (Å²) in [6.07, 6.45) is 5.40. The van der Waals surface area contributed by atoms with Crippen LogP contribution in [0.2, 0.25) is 0 Å². The van der Waals surface area contributed by atoms with Gasteiger partial charge in [-0.25, -0.2) is 0 Å². The van der Waals surface area contributed by atoms with Gasteiger partial charge in [-0.1, -0.05) is 72.8 Å². The van der Waals surface area contributed by atoms with Gasteiger partial charge in [-0.3, -0.25) is 0 Å². The molecule has 2 aromatic rings. The summed E-state index contributed by atoms with van der Waals surface area (Å²) in [7, 11) is 0. The highest BCUT2D eigenvalue weighted by Crippen LogP contribution is 2.23. The van der Waals surface area contributed by atoms with Crippen LogP contribution in [0.4, 0.5) is 0 Å². The number of hydrogen-bond acceptors (Lipinski definition) is 1. The standard InChI is InChI=1S/C18H21N/c1-15(19)14-18(17-10-6-3-7-11-17)13-12-16-8-4-2-5-9-16/h2-13,15,18H,14,19H2,1H3. The molecule has 0 aliphatic heterocycles. The lowest BCUT2D eigenvalue weighted by Gasteiger charge is -2.15. The molecule has 0 aromatic heterocycles. The number of benzene rings is 2. The van der Waals surface area contributed by atoms with Gasteiger partial charge in [-0.05, 0) is 24.5 Å². The molecule has 1 nitrogen and oxygen atoms in total. The summed E-state index contributed by atoms with van der Waals surface area (Å²) in [6, 6.07) is 21.1. The van der Waals surface area contributed by atoms with Crippen molar-refractivity contribution in [2.75, 3.05) is 0 Å². The molecule has 2 atom stereocenters. The first-order chi connectivity index (χ1) is 9.25. The lowest BCUT2D eigenvalue weighted by atomic mass is 9.92. The Hall–Kier alpha value is -1.86. The van der Waals surface area contributed by atoms with Gasteiger partial charge < -0.3 is 5.73 Å². The van der Waals surface area contributed by atoms with Crippen molar-refractivity contribution in [3.8, 4) is 0 Å². The minimum atomic E-state index is 0.200. The Bertz CT molecular complexity index is 500. The molecule has 1 heteroatoms. The van der Waals surface area contributed by atoms with Crippen molar-refractivity contribution in [3.63, 3.8) is 0 Å². The van der Waals surface area contributed by atoms with E-state index in [-0.39, 0.29) is 6.04 Å². The monoisotopic (exact) mass is 251 g/mol. The van der Waals surface area contributed by atoms with Crippen molar-refractivity contribution in [1.82, 2.24) is 0 Å². The van der Waals surface area contributed by atoms with Crippen molar-refractivity contribution in [2.45, 2.75) is 25.3 Å². The fraction of sp³-hybridized carbons (Fsp3) is 0.222. The van der Waals surface area contributed by atoms with Crippen LogP contribution in [0.25, 0.3) is 6.08 Å². The smallest absolute Gasteiger partial charge is 0.00359 e. The van der Waals surface area contributed by atoms with Gasteiger partial charge in [0.2, 0.25) is 0 Å². The number of allylic oxidation sites excluding steroid dienone is 1. The number of nitrogens with two attached hydrogens (primary N) is 1. The second-order valence-corrected chi connectivity index (χ2v) is 5.00. The highest BCUT2D eigenvalue weighted by atomic mass is 14.6. The van der Waals surface area contributed by atoms with Crippen molar-refractivity contribution in [3.05, 3.63) is 77.9 Å². The first-order valence-corrected chi connectivity index (χ1v) is 6.79. The van der Waals surface area contributed by atoms with E-state index in [1.165, 1.54) is 11.1 Å². The SMILES string of the molecule is CC(N)CC(C=Cc1ccccc1)c1ccccc1. The number of hydrogen-bond donors (Lipinski definition) is 1. The zero-order valence-electron chi connectivity index (χ0n) is 11.4. The van der Waals surface area contributed by atoms with Crippen LogP contribution in [-0.4, -0.2) is 6.04 Å². The fourth-order valence-corrected chi connectivity index (χ4v) is 2.22. The van der Waals surface area contributed by atoms with Gasteiger partial charge in [0.05, 0.1) is 0 Å². The van der Waals surface area contributed by atoms with Gasteiger partial charge in [0.25, 0.3) is 0 Å². The van der Waals surface area contributed by atoms with Crippen LogP contribution < -0.4 is 5.73 Å². The Morgan fingerprint density at radius 2 is 1.53 bits per heavy atom. The lowest BCUT2D eigenvalue weighted by Crippen LogP contribution is -2.17. The average molecular weight is 251 g/mol. The van der Waals surface area contributed by atoms with Crippen LogP contribution in [0, 0.1) is 0 Å². The summed E-state index contributed by atoms with van der Waals surface area (Å²) in [6.45, 7) is 2.06. The van der Waals surface area contributed by atoms with Gasteiger partial charge in [0, 0.05) is 12.0 Å². The van der Waals surface area contributed by atoms with Crippen LogP contribution >= 0.6 is 0 Å². The molecule has 0 aliphatic rings. The van der Waals surface area contributed by atoms with Crippen LogP contribution in [0.1, 0.15) is 30.4 Å². The zero-order valence-corrected chi connectivity index (χ0v) is 11.4. The average Bonchev–Trinajstić information content (AvgIpc) is 2.45. The van der Waals surface area contributed by atoms with Gasteiger partial charge >= 0.3 is 0 Å². The first-order valence-electron chi connectivity index (χ1n) is 6.79. The van der Waals surface area contributed by atoms with Crippen LogP contribution in [-0.2, 0) is 0 Å². The van der Waals surface area contributed by atoms with Gasteiger partial charge in [0.15, 0.2) is 0 Å². The normalized spacial score (nSPS) is 14.4. The predicted molar refractivity (Wildman–Crippen MR) is 82.9 cm³/mol. The van der Waals surface area contributed by atoms with Crippen LogP contribution in [0.3, 0.4) is 0 Å². The van der Waals surface area contributed by atoms with E-state index in [0.717, 1.165) is 6.42 Å². The predicted octanol–water partition coefficient (Wildman–Crippen LogP) is 4.22. The Kier molecular flexibility index (Phi) is 4.93. The fourth-order valence-electron chi connectivity index (χ4n) is 2.22. The Labute approximate surface area is 115 Å². The maximum absolute atomic E-state index is 5.97. The largest absolute Gasteiger partial charge is 0.328 e. The molecule has 0 amide bonds. The van der Waals surface area contributed by atoms with E-state index in [0.29, 0.717) is 5.92 Å². The molecule has 2 N–H and O–H groups in total. The maximum Gasteiger partial charge on any atom is 0.00359 e. The van der Waals surface area contributed by atoms with E-state index in [2.05, 4.69) is 67.6 Å². The molecule has 0 spiro atoms. The summed E-state index contributed by atoms with van der Waals surface area (Å²) < 4.78 is 0. The molecule has 2 aromatic carbocycles. The number of rotatable bonds is 5. The molecule has 19 heavy (non-hydrogen) atoms. The molecular formula is C18H21N. The highest BCUT2D eigenvalue weighted by molar-refractivity contribution is 5.50. The summed E-state index contributed by atoms with van der Waals surface area (Å²) in [5, 5.41) is 0. The maximum atomic E-state index is 5.97. The molecule has 2 unspecified atom stereocenters. The van der Waals surface area contributed by atoms with Gasteiger partial charge in [-0.2, -0.15) is 0 Å². The third kappa shape index (κ3) is 4.38. The first kappa shape index (κ1) is 13.6. The van der Waals surface area contributed by atoms with Crippen molar-refractivity contribution < 1.29 is 0 Å². The zero-order chi connectivity index (χ0) is 13.5. The van der Waals surface area contributed by atoms with E-state index in [4.69, 9.17) is 5.73 Å². The summed E-state index contributed by atoms with van der Waals surface area (Å²) >= 11 is 0. The molecule has 98 valence electrons. The molecule has 0 aliphatic carbocycles. The molecule has 0 bridgehead atoms. The summed E-state index contributed by atoms with van der Waals surface area (Å²) in [5.41, 5.74) is 8.52. The quantitative estimate of drug-likeness (QED) is 0.846. The summed E-state index contributed by atoms with van der Waals surface area (Å²) in [5.74, 6) is 0.376. The van der Waals surface area contributed by atoms with Crippen LogP contribution in [0.15, 0.2) is 66.7 Å². The van der Waals surface area contributed by atoms with Crippen molar-refractivity contribution >= 4 is 6.08 Å². The topological polar surface area (TPSA) is 26.0 Å². The second kappa shape index (κ2) is 6.91. The minimum absolute atomic E-state index is 0.200. The molecule has 0 radical (unpaired) electrons. The Balaban J connectivity index is 2.17. The van der Waals surface area contributed by atoms with E-state index >= 15 is 0 Å². The third-order valence-electron chi connectivity index (χ3n) is 3.17. The Morgan fingerprint density at radius 1 is 0.947 bits per heavy atom. The van der Waals surface area contributed by atoms with Crippen LogP contribution in [0.5, 0.6) is 0 Å². The molecule has 0 saturated carbocycles. The molecular weight excluding hydrogens is 230 g/mol. The van der Waals surface area contributed by atoms with Gasteiger partial charge in [-0.15, -0.1) is 0 Å². The van der Waals surface area contributed by atoms with Crippen molar-refractivity contribution in [2.24, 2.45) is 5.73 Å². The second-order valence-electron chi connectivity index (χ2n) is 5.00. The molecule has 0 saturated heterocycles. The van der Waals surface area contributed by atoms with E-state index in [1.807, 2.05) is 12.1 Å². The van der Waals surface area contributed by atoms with E-state index in [1.54, 1.807) is 0 Å². The minimum Gasteiger partial charge on any atom is -0.328 e. The van der Waals surface area contributed by atoms with E-state index < -0.39 is 0 Å². The Morgan fingerprint density at radius 3 is 2.11 bits per heavy atom. The van der Waals surface area contributed by atoms with Gasteiger partial charge in [0.1, 0.15) is 0 Å². The van der Waals surface area contributed by atoms with Crippen molar-refractivity contribution in [1.29, 1.82) is 0 Å². The molecule has 0 heterocycles. The summed E-state index contributed by atoms with van der Waals surface area (Å²) in [4.78, 5) is 0. The highest BCUT2D eigenvalue weighted by Gasteiger charge is 2.09.